The number of aromatic nitrogens is 1. The van der Waals surface area contributed by atoms with Crippen molar-refractivity contribution in [2.75, 3.05) is 11.1 Å². The summed E-state index contributed by atoms with van der Waals surface area (Å²) in [6.45, 7) is 0. The molecule has 0 saturated carbocycles. The van der Waals surface area contributed by atoms with E-state index in [2.05, 4.69) is 10.3 Å². The van der Waals surface area contributed by atoms with Crippen molar-refractivity contribution in [2.24, 2.45) is 0 Å². The molecule has 2 aromatic rings. The number of carbonyl (C=O) groups excluding carboxylic acids is 1. The van der Waals surface area contributed by atoms with Crippen molar-refractivity contribution in [3.63, 3.8) is 0 Å². The number of carbonyl (C=O) groups is 1. The molecule has 0 aliphatic heterocycles. The van der Waals surface area contributed by atoms with Crippen LogP contribution in [0.3, 0.4) is 0 Å². The van der Waals surface area contributed by atoms with E-state index in [4.69, 9.17) is 28.9 Å². The number of benzene rings is 1. The van der Waals surface area contributed by atoms with E-state index in [1.165, 1.54) is 12.3 Å². The van der Waals surface area contributed by atoms with Crippen LogP contribution in [0.15, 0.2) is 36.5 Å². The zero-order valence-corrected chi connectivity index (χ0v) is 10.7. The molecule has 1 heterocycles. The first-order valence-corrected chi connectivity index (χ1v) is 5.80. The van der Waals surface area contributed by atoms with Crippen LogP contribution in [0.4, 0.5) is 11.5 Å². The van der Waals surface area contributed by atoms with Crippen LogP contribution in [0.1, 0.15) is 10.4 Å². The number of nitrogen functional groups attached to an aromatic ring is 1. The number of hydrogen-bond acceptors (Lipinski definition) is 3. The van der Waals surface area contributed by atoms with Gasteiger partial charge in [0.05, 0.1) is 16.3 Å². The van der Waals surface area contributed by atoms with E-state index in [1.54, 1.807) is 24.3 Å². The van der Waals surface area contributed by atoms with Gasteiger partial charge >= 0.3 is 0 Å². The highest BCUT2D eigenvalue weighted by Gasteiger charge is 2.12. The van der Waals surface area contributed by atoms with Gasteiger partial charge in [-0.15, -0.1) is 0 Å². The van der Waals surface area contributed by atoms with Gasteiger partial charge < -0.3 is 11.1 Å². The molecule has 4 nitrogen and oxygen atoms in total. The third-order valence-electron chi connectivity index (χ3n) is 2.25. The third-order valence-corrected chi connectivity index (χ3v) is 2.79. The van der Waals surface area contributed by atoms with E-state index in [0.29, 0.717) is 22.1 Å². The Morgan fingerprint density at radius 1 is 1.28 bits per heavy atom. The fourth-order valence-corrected chi connectivity index (χ4v) is 1.86. The van der Waals surface area contributed by atoms with Crippen molar-refractivity contribution < 1.29 is 4.79 Å². The Morgan fingerprint density at radius 3 is 2.72 bits per heavy atom. The monoisotopic (exact) mass is 281 g/mol. The Kier molecular flexibility index (Phi) is 3.69. The number of pyridine rings is 1. The van der Waals surface area contributed by atoms with Gasteiger partial charge in [-0.25, -0.2) is 4.98 Å². The number of amides is 1. The van der Waals surface area contributed by atoms with Crippen LogP contribution in [0.2, 0.25) is 10.0 Å². The zero-order valence-electron chi connectivity index (χ0n) is 9.15. The van der Waals surface area contributed by atoms with Crippen LogP contribution in [-0.2, 0) is 0 Å². The van der Waals surface area contributed by atoms with Crippen LogP contribution in [-0.4, -0.2) is 10.9 Å². The fraction of sp³-hybridized carbons (Fsp3) is 0. The summed E-state index contributed by atoms with van der Waals surface area (Å²) in [6, 6.07) is 7.95. The predicted molar refractivity (Wildman–Crippen MR) is 73.1 cm³/mol. The molecule has 0 aliphatic rings. The van der Waals surface area contributed by atoms with Crippen molar-refractivity contribution in [3.05, 3.63) is 52.1 Å². The van der Waals surface area contributed by atoms with Gasteiger partial charge in [0.25, 0.3) is 5.91 Å². The Hall–Kier alpha value is -1.78. The van der Waals surface area contributed by atoms with Crippen LogP contribution in [0.5, 0.6) is 0 Å². The maximum atomic E-state index is 12.0. The minimum atomic E-state index is -0.387. The molecule has 0 atom stereocenters. The second-order valence-electron chi connectivity index (χ2n) is 3.52. The molecule has 0 aliphatic carbocycles. The van der Waals surface area contributed by atoms with E-state index in [9.17, 15) is 4.79 Å². The number of anilines is 2. The largest absolute Gasteiger partial charge is 0.396 e. The van der Waals surface area contributed by atoms with Gasteiger partial charge in [0.2, 0.25) is 0 Å². The van der Waals surface area contributed by atoms with Gasteiger partial charge in [-0.2, -0.15) is 0 Å². The number of halogens is 2. The summed E-state index contributed by atoms with van der Waals surface area (Å²) in [5.41, 5.74) is 6.37. The van der Waals surface area contributed by atoms with Crippen molar-refractivity contribution >= 4 is 40.6 Å². The molecular formula is C12H9Cl2N3O. The highest BCUT2D eigenvalue weighted by atomic mass is 35.5. The number of rotatable bonds is 2. The van der Waals surface area contributed by atoms with Crippen molar-refractivity contribution in [2.45, 2.75) is 0 Å². The lowest BCUT2D eigenvalue weighted by atomic mass is 10.2. The second kappa shape index (κ2) is 5.25. The molecule has 3 N–H and O–H groups in total. The van der Waals surface area contributed by atoms with Gasteiger partial charge in [-0.3, -0.25) is 4.79 Å². The van der Waals surface area contributed by atoms with Crippen LogP contribution >= 0.6 is 23.2 Å². The predicted octanol–water partition coefficient (Wildman–Crippen LogP) is 3.22. The summed E-state index contributed by atoms with van der Waals surface area (Å²) in [7, 11) is 0. The molecular weight excluding hydrogens is 273 g/mol. The van der Waals surface area contributed by atoms with Crippen molar-refractivity contribution in [3.8, 4) is 0 Å². The number of nitrogens with two attached hydrogens (primary N) is 1. The molecule has 0 fully saturated rings. The molecule has 0 radical (unpaired) electrons. The maximum absolute atomic E-state index is 12.0. The van der Waals surface area contributed by atoms with Crippen LogP contribution in [0.25, 0.3) is 0 Å². The first kappa shape index (κ1) is 12.7. The highest BCUT2D eigenvalue weighted by Crippen LogP contribution is 2.22. The summed E-state index contributed by atoms with van der Waals surface area (Å²) >= 11 is 11.7. The topological polar surface area (TPSA) is 68.0 Å². The molecule has 1 aromatic heterocycles. The molecule has 92 valence electrons. The van der Waals surface area contributed by atoms with E-state index in [0.717, 1.165) is 0 Å². The van der Waals surface area contributed by atoms with Gasteiger partial charge in [0.1, 0.15) is 0 Å². The summed E-state index contributed by atoms with van der Waals surface area (Å²) in [4.78, 5) is 15.9. The van der Waals surface area contributed by atoms with Crippen LogP contribution in [0, 0.1) is 0 Å². The van der Waals surface area contributed by atoms with Crippen LogP contribution < -0.4 is 11.1 Å². The highest BCUT2D eigenvalue weighted by molar-refractivity contribution is 6.37. The smallest absolute Gasteiger partial charge is 0.258 e. The molecule has 0 bridgehead atoms. The molecule has 0 saturated heterocycles. The molecule has 1 amide bonds. The Morgan fingerprint density at radius 2 is 2.06 bits per heavy atom. The lowest BCUT2D eigenvalue weighted by Gasteiger charge is -2.08. The Labute approximate surface area is 114 Å². The minimum Gasteiger partial charge on any atom is -0.396 e. The van der Waals surface area contributed by atoms with E-state index in [-0.39, 0.29) is 10.9 Å². The lowest BCUT2D eigenvalue weighted by Crippen LogP contribution is -2.14. The summed E-state index contributed by atoms with van der Waals surface area (Å²) in [5, 5.41) is 3.32. The molecule has 0 spiro atoms. The lowest BCUT2D eigenvalue weighted by molar-refractivity contribution is 0.102. The van der Waals surface area contributed by atoms with E-state index < -0.39 is 0 Å². The molecule has 6 heteroatoms. The molecule has 0 unspecified atom stereocenters. The first-order chi connectivity index (χ1) is 8.58. The maximum Gasteiger partial charge on any atom is 0.258 e. The fourth-order valence-electron chi connectivity index (χ4n) is 1.37. The quantitative estimate of drug-likeness (QED) is 0.888. The van der Waals surface area contributed by atoms with Crippen molar-refractivity contribution in [1.29, 1.82) is 0 Å². The number of hydrogen-bond donors (Lipinski definition) is 2. The number of nitrogens with zero attached hydrogens (tertiary/aromatic N) is 1. The standard InChI is InChI=1S/C12H9Cl2N3O/c13-7-3-4-8(9(14)6-7)12(18)17-11-10(15)2-1-5-16-11/h1-6H,15H2,(H,16,17,18). The van der Waals surface area contributed by atoms with E-state index >= 15 is 0 Å². The third kappa shape index (κ3) is 2.72. The molecule has 2 rings (SSSR count). The Bertz CT molecular complexity index is 602. The normalized spacial score (nSPS) is 10.1. The zero-order chi connectivity index (χ0) is 13.1. The summed E-state index contributed by atoms with van der Waals surface area (Å²) in [6.07, 6.45) is 1.54. The first-order valence-electron chi connectivity index (χ1n) is 5.05. The van der Waals surface area contributed by atoms with Gasteiger partial charge in [0, 0.05) is 11.2 Å². The minimum absolute atomic E-state index is 0.273. The number of nitrogens with one attached hydrogen (secondary N) is 1. The second-order valence-corrected chi connectivity index (χ2v) is 4.36. The molecule has 1 aromatic carbocycles. The van der Waals surface area contributed by atoms with Gasteiger partial charge in [0.15, 0.2) is 5.82 Å². The van der Waals surface area contributed by atoms with Crippen molar-refractivity contribution in [1.82, 2.24) is 4.98 Å². The average molecular weight is 282 g/mol. The van der Waals surface area contributed by atoms with E-state index in [1.807, 2.05) is 0 Å². The SMILES string of the molecule is Nc1cccnc1NC(=O)c1ccc(Cl)cc1Cl. The summed E-state index contributed by atoms with van der Waals surface area (Å²) < 4.78 is 0. The van der Waals surface area contributed by atoms with Gasteiger partial charge in [-0.1, -0.05) is 23.2 Å². The molecule has 18 heavy (non-hydrogen) atoms. The van der Waals surface area contributed by atoms with Gasteiger partial charge in [-0.05, 0) is 30.3 Å². The summed E-state index contributed by atoms with van der Waals surface area (Å²) in [5.74, 6) is -0.0874. The average Bonchev–Trinajstić information content (AvgIpc) is 2.32. The Balaban J connectivity index is 2.25.